The van der Waals surface area contributed by atoms with E-state index in [0.717, 1.165) is 44.1 Å². The van der Waals surface area contributed by atoms with Crippen LogP contribution in [0, 0.1) is 5.41 Å². The van der Waals surface area contributed by atoms with E-state index >= 15 is 0 Å². The highest BCUT2D eigenvalue weighted by molar-refractivity contribution is 5.95. The van der Waals surface area contributed by atoms with Crippen LogP contribution in [0.25, 0.3) is 0 Å². The zero-order valence-electron chi connectivity index (χ0n) is 11.3. The molecule has 1 aromatic carbocycles. The average Bonchev–Trinajstić information content (AvgIpc) is 2.81. The van der Waals surface area contributed by atoms with E-state index in [4.69, 9.17) is 4.74 Å². The lowest BCUT2D eigenvalue weighted by atomic mass is 9.89. The van der Waals surface area contributed by atoms with Crippen LogP contribution in [0.5, 0.6) is 0 Å². The van der Waals surface area contributed by atoms with Crippen LogP contribution in [-0.4, -0.2) is 32.2 Å². The second-order valence-corrected chi connectivity index (χ2v) is 5.85. The van der Waals surface area contributed by atoms with Gasteiger partial charge < -0.3 is 15.0 Å². The number of carbonyl (C=O) groups excluding carboxylic acids is 1. The molecule has 0 unspecified atom stereocenters. The van der Waals surface area contributed by atoms with Gasteiger partial charge in [-0.25, -0.2) is 0 Å². The summed E-state index contributed by atoms with van der Waals surface area (Å²) in [4.78, 5) is 13.5. The zero-order chi connectivity index (χ0) is 13.3. The minimum absolute atomic E-state index is 0.236. The van der Waals surface area contributed by atoms with Crippen LogP contribution < -0.4 is 10.2 Å². The highest BCUT2D eigenvalue weighted by Crippen LogP contribution is 2.28. The number of nitrogens with one attached hydrogen (secondary N) is 1. The number of rotatable bonds is 4. The normalized spacial score (nSPS) is 21.3. The Morgan fingerprint density at radius 1 is 1.32 bits per heavy atom. The first-order chi connectivity index (χ1) is 9.16. The van der Waals surface area contributed by atoms with Crippen LogP contribution in [0.2, 0.25) is 0 Å². The number of carbonyl (C=O) groups is 1. The van der Waals surface area contributed by atoms with E-state index in [0.29, 0.717) is 6.42 Å². The number of hydrogen-bond acceptors (Lipinski definition) is 3. The van der Waals surface area contributed by atoms with Gasteiger partial charge in [0.1, 0.15) is 0 Å². The molecular formula is C15H20N2O2. The van der Waals surface area contributed by atoms with E-state index in [1.54, 1.807) is 0 Å². The van der Waals surface area contributed by atoms with E-state index in [1.807, 2.05) is 29.2 Å². The summed E-state index contributed by atoms with van der Waals surface area (Å²) in [6, 6.07) is 8.13. The van der Waals surface area contributed by atoms with Gasteiger partial charge in [0.05, 0.1) is 13.2 Å². The van der Waals surface area contributed by atoms with Crippen molar-refractivity contribution in [2.24, 2.45) is 5.41 Å². The summed E-state index contributed by atoms with van der Waals surface area (Å²) in [5, 5.41) is 3.43. The molecule has 19 heavy (non-hydrogen) atoms. The van der Waals surface area contributed by atoms with E-state index < -0.39 is 0 Å². The molecule has 2 heterocycles. The first-order valence-electron chi connectivity index (χ1n) is 6.88. The maximum Gasteiger partial charge on any atom is 0.227 e. The summed E-state index contributed by atoms with van der Waals surface area (Å²) in [6.45, 7) is 5.66. The Labute approximate surface area is 113 Å². The lowest BCUT2D eigenvalue weighted by molar-refractivity contribution is -0.117. The molecule has 3 rings (SSSR count). The number of amides is 1. The lowest BCUT2D eigenvalue weighted by Crippen LogP contribution is -2.45. The van der Waals surface area contributed by atoms with Gasteiger partial charge in [0.2, 0.25) is 5.91 Å². The molecule has 0 spiro atoms. The first-order valence-corrected chi connectivity index (χ1v) is 6.88. The maximum absolute atomic E-state index is 11.7. The molecule has 0 bridgehead atoms. The van der Waals surface area contributed by atoms with Gasteiger partial charge >= 0.3 is 0 Å². The first kappa shape index (κ1) is 12.5. The van der Waals surface area contributed by atoms with Gasteiger partial charge in [0.15, 0.2) is 0 Å². The molecule has 2 aliphatic heterocycles. The molecule has 0 atom stereocenters. The van der Waals surface area contributed by atoms with Crippen molar-refractivity contribution >= 4 is 17.3 Å². The van der Waals surface area contributed by atoms with Gasteiger partial charge in [-0.05, 0) is 30.7 Å². The number of benzene rings is 1. The molecule has 102 valence electrons. The maximum atomic E-state index is 11.7. The summed E-state index contributed by atoms with van der Waals surface area (Å²) in [7, 11) is 0. The van der Waals surface area contributed by atoms with E-state index in [9.17, 15) is 4.79 Å². The zero-order valence-corrected chi connectivity index (χ0v) is 11.3. The lowest BCUT2D eigenvalue weighted by Gasteiger charge is -2.38. The van der Waals surface area contributed by atoms with Crippen LogP contribution in [-0.2, 0) is 9.53 Å². The quantitative estimate of drug-likeness (QED) is 0.903. The van der Waals surface area contributed by atoms with Crippen molar-refractivity contribution in [3.8, 4) is 0 Å². The molecule has 0 aliphatic carbocycles. The Morgan fingerprint density at radius 3 is 2.58 bits per heavy atom. The molecule has 2 saturated heterocycles. The fourth-order valence-electron chi connectivity index (χ4n) is 2.55. The Morgan fingerprint density at radius 2 is 2.05 bits per heavy atom. The van der Waals surface area contributed by atoms with Gasteiger partial charge in [-0.3, -0.25) is 4.79 Å². The SMILES string of the molecule is CC1(CNc2ccc(N3CCCC3=O)cc2)COC1. The summed E-state index contributed by atoms with van der Waals surface area (Å²) < 4.78 is 5.24. The van der Waals surface area contributed by atoms with Crippen molar-refractivity contribution in [1.29, 1.82) is 0 Å². The standard InChI is InChI=1S/C15H20N2O2/c1-15(10-19-11-15)9-16-12-4-6-13(7-5-12)17-8-2-3-14(17)18/h4-7,16H,2-3,8-11H2,1H3. The summed E-state index contributed by atoms with van der Waals surface area (Å²) in [6.07, 6.45) is 1.65. The molecule has 1 aromatic rings. The highest BCUT2D eigenvalue weighted by Gasteiger charge is 2.32. The number of anilines is 2. The van der Waals surface area contributed by atoms with Gasteiger partial charge in [-0.15, -0.1) is 0 Å². The second kappa shape index (κ2) is 4.85. The Bertz CT molecular complexity index is 466. The molecule has 4 heteroatoms. The fraction of sp³-hybridized carbons (Fsp3) is 0.533. The Kier molecular flexibility index (Phi) is 3.19. The van der Waals surface area contributed by atoms with Gasteiger partial charge in [0.25, 0.3) is 0 Å². The van der Waals surface area contributed by atoms with Crippen LogP contribution >= 0.6 is 0 Å². The summed E-state index contributed by atoms with van der Waals surface area (Å²) >= 11 is 0. The molecular weight excluding hydrogens is 240 g/mol. The van der Waals surface area contributed by atoms with Crippen LogP contribution in [0.1, 0.15) is 19.8 Å². The predicted octanol–water partition coefficient (Wildman–Crippen LogP) is 2.26. The second-order valence-electron chi connectivity index (χ2n) is 5.85. The van der Waals surface area contributed by atoms with Crippen molar-refractivity contribution in [3.63, 3.8) is 0 Å². The van der Waals surface area contributed by atoms with Crippen molar-refractivity contribution in [2.75, 3.05) is 36.5 Å². The number of hydrogen-bond donors (Lipinski definition) is 1. The van der Waals surface area contributed by atoms with Crippen LogP contribution in [0.3, 0.4) is 0 Å². The van der Waals surface area contributed by atoms with Crippen molar-refractivity contribution in [2.45, 2.75) is 19.8 Å². The smallest absolute Gasteiger partial charge is 0.227 e. The third-order valence-electron chi connectivity index (χ3n) is 3.87. The van der Waals surface area contributed by atoms with Gasteiger partial charge in [-0.2, -0.15) is 0 Å². The topological polar surface area (TPSA) is 41.6 Å². The van der Waals surface area contributed by atoms with E-state index in [2.05, 4.69) is 12.2 Å². The molecule has 0 radical (unpaired) electrons. The van der Waals surface area contributed by atoms with Crippen molar-refractivity contribution in [1.82, 2.24) is 0 Å². The summed E-state index contributed by atoms with van der Waals surface area (Å²) in [5.74, 6) is 0.236. The Hall–Kier alpha value is -1.55. The van der Waals surface area contributed by atoms with Crippen LogP contribution in [0.4, 0.5) is 11.4 Å². The number of ether oxygens (including phenoxy) is 1. The Balaban J connectivity index is 1.60. The average molecular weight is 260 g/mol. The minimum atomic E-state index is 0.236. The molecule has 0 aromatic heterocycles. The van der Waals surface area contributed by atoms with Gasteiger partial charge in [0, 0.05) is 36.3 Å². The molecule has 2 fully saturated rings. The van der Waals surface area contributed by atoms with Crippen molar-refractivity contribution < 1.29 is 9.53 Å². The molecule has 0 saturated carbocycles. The fourth-order valence-corrected chi connectivity index (χ4v) is 2.55. The molecule has 2 aliphatic rings. The molecule has 4 nitrogen and oxygen atoms in total. The minimum Gasteiger partial charge on any atom is -0.384 e. The third-order valence-corrected chi connectivity index (χ3v) is 3.87. The van der Waals surface area contributed by atoms with Crippen molar-refractivity contribution in [3.05, 3.63) is 24.3 Å². The largest absolute Gasteiger partial charge is 0.384 e. The molecule has 1 amide bonds. The molecule has 1 N–H and O–H groups in total. The number of nitrogens with zero attached hydrogens (tertiary/aromatic N) is 1. The monoisotopic (exact) mass is 260 g/mol. The highest BCUT2D eigenvalue weighted by atomic mass is 16.5. The predicted molar refractivity (Wildman–Crippen MR) is 75.4 cm³/mol. The third kappa shape index (κ3) is 2.59. The van der Waals surface area contributed by atoms with E-state index in [1.165, 1.54) is 0 Å². The van der Waals surface area contributed by atoms with Gasteiger partial charge in [-0.1, -0.05) is 6.92 Å². The summed E-state index contributed by atoms with van der Waals surface area (Å²) in [5.41, 5.74) is 2.37. The van der Waals surface area contributed by atoms with E-state index in [-0.39, 0.29) is 11.3 Å². The van der Waals surface area contributed by atoms with Crippen LogP contribution in [0.15, 0.2) is 24.3 Å².